The minimum absolute atomic E-state index is 0.0770. The largest absolute Gasteiger partial charge is 0.481 e. The second-order valence-electron chi connectivity index (χ2n) is 6.35. The van der Waals surface area contributed by atoms with Crippen molar-refractivity contribution < 1.29 is 19.4 Å². The summed E-state index contributed by atoms with van der Waals surface area (Å²) in [6.45, 7) is 0. The number of methoxy groups -OCH3 is 1. The van der Waals surface area contributed by atoms with Crippen LogP contribution in [-0.2, 0) is 9.59 Å². The van der Waals surface area contributed by atoms with Gasteiger partial charge in [-0.05, 0) is 24.3 Å². The number of hydrogen-bond acceptors (Lipinski definition) is 5. The number of hydrogen-bond donors (Lipinski definition) is 2. The average molecular weight is 335 g/mol. The molecule has 2 amide bonds. The Bertz CT molecular complexity index is 568. The van der Waals surface area contributed by atoms with E-state index >= 15 is 0 Å². The van der Waals surface area contributed by atoms with Crippen LogP contribution in [0, 0.1) is 5.92 Å². The van der Waals surface area contributed by atoms with Gasteiger partial charge in [0.25, 0.3) is 0 Å². The third-order valence-electron chi connectivity index (χ3n) is 4.33. The molecule has 7 nitrogen and oxygen atoms in total. The number of rotatable bonds is 7. The van der Waals surface area contributed by atoms with Crippen molar-refractivity contribution in [1.82, 2.24) is 15.2 Å². The molecule has 0 radical (unpaired) electrons. The van der Waals surface area contributed by atoms with Gasteiger partial charge >= 0.3 is 0 Å². The van der Waals surface area contributed by atoms with Crippen molar-refractivity contribution in [2.24, 2.45) is 5.92 Å². The second kappa shape index (κ2) is 8.10. The topological polar surface area (TPSA) is 91.8 Å². The van der Waals surface area contributed by atoms with Crippen LogP contribution in [0.2, 0.25) is 0 Å². The summed E-state index contributed by atoms with van der Waals surface area (Å²) in [5, 5.41) is 12.6. The number of amides is 2. The standard InChI is InChI=1S/C17H25N3O4/c1-20(2)16(23)7-5-14(22)19-17(12-8-13(21)9-12)11-4-6-15(24-3)18-10-11/h4,6,10,12-13,17,21H,5,7-9H2,1-3H3,(H,19,22)/t12?,13?,17-/m0/s1. The van der Waals surface area contributed by atoms with Crippen LogP contribution in [0.15, 0.2) is 18.3 Å². The fraction of sp³-hybridized carbons (Fsp3) is 0.588. The van der Waals surface area contributed by atoms with E-state index in [-0.39, 0.29) is 42.7 Å². The fourth-order valence-corrected chi connectivity index (χ4v) is 2.76. The lowest BCUT2D eigenvalue weighted by Crippen LogP contribution is -2.41. The summed E-state index contributed by atoms with van der Waals surface area (Å²) in [5.41, 5.74) is 0.875. The summed E-state index contributed by atoms with van der Waals surface area (Å²) in [7, 11) is 4.88. The Hall–Kier alpha value is -2.15. The van der Waals surface area contributed by atoms with Crippen LogP contribution in [0.4, 0.5) is 0 Å². The van der Waals surface area contributed by atoms with Gasteiger partial charge in [0.15, 0.2) is 0 Å². The Morgan fingerprint density at radius 3 is 2.58 bits per heavy atom. The van der Waals surface area contributed by atoms with Gasteiger partial charge in [-0.25, -0.2) is 4.98 Å². The summed E-state index contributed by atoms with van der Waals surface area (Å²) in [6, 6.07) is 3.40. The predicted octanol–water partition coefficient (Wildman–Crippen LogP) is 0.887. The number of carbonyl (C=O) groups excluding carboxylic acids is 2. The highest BCUT2D eigenvalue weighted by molar-refractivity contribution is 5.83. The molecular weight excluding hydrogens is 310 g/mol. The van der Waals surface area contributed by atoms with Crippen molar-refractivity contribution in [3.63, 3.8) is 0 Å². The monoisotopic (exact) mass is 335 g/mol. The number of pyridine rings is 1. The highest BCUT2D eigenvalue weighted by Gasteiger charge is 2.35. The summed E-state index contributed by atoms with van der Waals surface area (Å²) in [5.74, 6) is 0.428. The summed E-state index contributed by atoms with van der Waals surface area (Å²) >= 11 is 0. The summed E-state index contributed by atoms with van der Waals surface area (Å²) in [4.78, 5) is 29.5. The quantitative estimate of drug-likeness (QED) is 0.772. The molecule has 0 aliphatic heterocycles. The molecule has 0 bridgehead atoms. The molecule has 24 heavy (non-hydrogen) atoms. The van der Waals surface area contributed by atoms with Gasteiger partial charge in [-0.15, -0.1) is 0 Å². The van der Waals surface area contributed by atoms with Crippen LogP contribution in [0.5, 0.6) is 5.88 Å². The molecule has 132 valence electrons. The molecule has 1 aliphatic rings. The Morgan fingerprint density at radius 1 is 1.38 bits per heavy atom. The van der Waals surface area contributed by atoms with Gasteiger partial charge in [0.05, 0.1) is 19.3 Å². The Balaban J connectivity index is 2.00. The normalized spacial score (nSPS) is 20.7. The number of aromatic nitrogens is 1. The molecular formula is C17H25N3O4. The molecule has 1 saturated carbocycles. The zero-order valence-electron chi connectivity index (χ0n) is 14.4. The lowest BCUT2D eigenvalue weighted by molar-refractivity contribution is -0.132. The molecule has 1 atom stereocenters. The third-order valence-corrected chi connectivity index (χ3v) is 4.33. The lowest BCUT2D eigenvalue weighted by Gasteiger charge is -2.38. The molecule has 7 heteroatoms. The van der Waals surface area contributed by atoms with E-state index in [0.717, 1.165) is 5.56 Å². The molecule has 1 aromatic heterocycles. The molecule has 2 rings (SSSR count). The number of nitrogens with one attached hydrogen (secondary N) is 1. The highest BCUT2D eigenvalue weighted by atomic mass is 16.5. The second-order valence-corrected chi connectivity index (χ2v) is 6.35. The first-order valence-electron chi connectivity index (χ1n) is 8.08. The van der Waals surface area contributed by atoms with Crippen LogP contribution in [-0.4, -0.2) is 54.1 Å². The van der Waals surface area contributed by atoms with E-state index < -0.39 is 0 Å². The Labute approximate surface area is 142 Å². The third kappa shape index (κ3) is 4.67. The molecule has 1 aromatic rings. The van der Waals surface area contributed by atoms with Gasteiger partial charge < -0.3 is 20.1 Å². The molecule has 1 aliphatic carbocycles. The van der Waals surface area contributed by atoms with Gasteiger partial charge in [-0.1, -0.05) is 6.07 Å². The molecule has 0 saturated heterocycles. The van der Waals surface area contributed by atoms with Gasteiger partial charge in [0.2, 0.25) is 17.7 Å². The van der Waals surface area contributed by atoms with Gasteiger partial charge in [0, 0.05) is 39.2 Å². The van der Waals surface area contributed by atoms with E-state index in [4.69, 9.17) is 4.74 Å². The first kappa shape index (κ1) is 18.2. The summed E-state index contributed by atoms with van der Waals surface area (Å²) < 4.78 is 5.05. The van der Waals surface area contributed by atoms with Gasteiger partial charge in [-0.2, -0.15) is 0 Å². The van der Waals surface area contributed by atoms with Crippen LogP contribution >= 0.6 is 0 Å². The number of carbonyl (C=O) groups is 2. The maximum absolute atomic E-state index is 12.2. The molecule has 1 fully saturated rings. The smallest absolute Gasteiger partial charge is 0.222 e. The van der Waals surface area contributed by atoms with E-state index in [0.29, 0.717) is 18.7 Å². The first-order chi connectivity index (χ1) is 11.4. The van der Waals surface area contributed by atoms with Gasteiger partial charge in [-0.3, -0.25) is 9.59 Å². The Morgan fingerprint density at radius 2 is 2.08 bits per heavy atom. The van der Waals surface area contributed by atoms with Crippen LogP contribution in [0.25, 0.3) is 0 Å². The van der Waals surface area contributed by atoms with Crippen molar-refractivity contribution in [3.05, 3.63) is 23.9 Å². The number of nitrogens with zero attached hydrogens (tertiary/aromatic N) is 2. The maximum atomic E-state index is 12.2. The lowest BCUT2D eigenvalue weighted by atomic mass is 9.75. The van der Waals surface area contributed by atoms with Gasteiger partial charge in [0.1, 0.15) is 0 Å². The molecule has 0 aromatic carbocycles. The minimum atomic E-state index is -0.309. The maximum Gasteiger partial charge on any atom is 0.222 e. The average Bonchev–Trinajstić information content (AvgIpc) is 2.55. The van der Waals surface area contributed by atoms with E-state index in [1.54, 1.807) is 33.5 Å². The zero-order valence-corrected chi connectivity index (χ0v) is 14.4. The van der Waals surface area contributed by atoms with Crippen molar-refractivity contribution >= 4 is 11.8 Å². The predicted molar refractivity (Wildman–Crippen MR) is 88.3 cm³/mol. The van der Waals surface area contributed by atoms with Crippen molar-refractivity contribution in [2.45, 2.75) is 37.8 Å². The van der Waals surface area contributed by atoms with Crippen LogP contribution < -0.4 is 10.1 Å². The number of ether oxygens (including phenoxy) is 1. The van der Waals surface area contributed by atoms with Crippen LogP contribution in [0.1, 0.15) is 37.3 Å². The number of aliphatic hydroxyl groups is 1. The van der Waals surface area contributed by atoms with Crippen molar-refractivity contribution in [1.29, 1.82) is 0 Å². The molecule has 0 spiro atoms. The summed E-state index contributed by atoms with van der Waals surface area (Å²) in [6.07, 6.45) is 2.99. The number of aliphatic hydroxyl groups excluding tert-OH is 1. The Kier molecular flexibility index (Phi) is 6.14. The van der Waals surface area contributed by atoms with Crippen LogP contribution in [0.3, 0.4) is 0 Å². The highest BCUT2D eigenvalue weighted by Crippen LogP contribution is 2.38. The van der Waals surface area contributed by atoms with Crippen molar-refractivity contribution in [2.75, 3.05) is 21.2 Å². The van der Waals surface area contributed by atoms with E-state index in [9.17, 15) is 14.7 Å². The van der Waals surface area contributed by atoms with E-state index in [1.165, 1.54) is 4.90 Å². The first-order valence-corrected chi connectivity index (χ1v) is 8.08. The molecule has 1 heterocycles. The fourth-order valence-electron chi connectivity index (χ4n) is 2.76. The SMILES string of the molecule is COc1ccc([C@H](NC(=O)CCC(=O)N(C)C)C2CC(O)C2)cn1. The van der Waals surface area contributed by atoms with E-state index in [1.807, 2.05) is 6.07 Å². The molecule has 0 unspecified atom stereocenters. The van der Waals surface area contributed by atoms with E-state index in [2.05, 4.69) is 10.3 Å². The van der Waals surface area contributed by atoms with Crippen molar-refractivity contribution in [3.8, 4) is 5.88 Å². The minimum Gasteiger partial charge on any atom is -0.481 e. The molecule has 2 N–H and O–H groups in total. The zero-order chi connectivity index (χ0) is 17.7.